The maximum atomic E-state index is 12.2. The van der Waals surface area contributed by atoms with E-state index in [9.17, 15) is 9.59 Å². The molecule has 0 spiro atoms. The van der Waals surface area contributed by atoms with Gasteiger partial charge in [-0.25, -0.2) is 0 Å². The van der Waals surface area contributed by atoms with Crippen molar-refractivity contribution in [3.05, 3.63) is 59.7 Å². The van der Waals surface area contributed by atoms with Crippen LogP contribution in [-0.2, 0) is 11.3 Å². The van der Waals surface area contributed by atoms with Crippen LogP contribution in [0.1, 0.15) is 35.2 Å². The summed E-state index contributed by atoms with van der Waals surface area (Å²) >= 11 is 0. The van der Waals surface area contributed by atoms with Gasteiger partial charge in [-0.3, -0.25) is 9.59 Å². The van der Waals surface area contributed by atoms with Gasteiger partial charge in [-0.05, 0) is 48.7 Å². The number of anilines is 1. The van der Waals surface area contributed by atoms with Crippen LogP contribution in [-0.4, -0.2) is 18.9 Å². The van der Waals surface area contributed by atoms with E-state index in [0.29, 0.717) is 17.9 Å². The van der Waals surface area contributed by atoms with Gasteiger partial charge in [-0.15, -0.1) is 0 Å². The molecule has 0 aliphatic heterocycles. The summed E-state index contributed by atoms with van der Waals surface area (Å²) in [7, 11) is 1.57. The largest absolute Gasteiger partial charge is 0.497 e. The van der Waals surface area contributed by atoms with Crippen LogP contribution in [0.5, 0.6) is 5.75 Å². The first-order valence-electron chi connectivity index (χ1n) is 8.48. The average molecular weight is 338 g/mol. The van der Waals surface area contributed by atoms with E-state index < -0.39 is 0 Å². The van der Waals surface area contributed by atoms with Gasteiger partial charge in [0.2, 0.25) is 5.91 Å². The zero-order valence-electron chi connectivity index (χ0n) is 14.2. The fourth-order valence-electron chi connectivity index (χ4n) is 2.72. The standard InChI is InChI=1S/C20H22N2O3/c1-25-18-10-4-8-16(12-18)19(23)21-13-14-5-2-9-17(11-14)22-20(24)15-6-3-7-15/h2,4-5,8-12,15H,3,6-7,13H2,1H3,(H,21,23)(H,22,24). The monoisotopic (exact) mass is 338 g/mol. The molecular weight excluding hydrogens is 316 g/mol. The summed E-state index contributed by atoms with van der Waals surface area (Å²) in [5, 5.41) is 5.84. The third-order valence-electron chi connectivity index (χ3n) is 4.46. The van der Waals surface area contributed by atoms with Crippen molar-refractivity contribution in [2.45, 2.75) is 25.8 Å². The number of amides is 2. The Hall–Kier alpha value is -2.82. The number of ether oxygens (including phenoxy) is 1. The van der Waals surface area contributed by atoms with Crippen LogP contribution >= 0.6 is 0 Å². The molecule has 2 amide bonds. The summed E-state index contributed by atoms with van der Waals surface area (Å²) in [5.41, 5.74) is 2.25. The van der Waals surface area contributed by atoms with Gasteiger partial charge in [0, 0.05) is 23.7 Å². The maximum Gasteiger partial charge on any atom is 0.251 e. The van der Waals surface area contributed by atoms with Crippen molar-refractivity contribution in [1.82, 2.24) is 5.32 Å². The van der Waals surface area contributed by atoms with Crippen LogP contribution < -0.4 is 15.4 Å². The van der Waals surface area contributed by atoms with E-state index >= 15 is 0 Å². The van der Waals surface area contributed by atoms with Gasteiger partial charge in [-0.1, -0.05) is 24.6 Å². The van der Waals surface area contributed by atoms with Crippen molar-refractivity contribution in [1.29, 1.82) is 0 Å². The highest BCUT2D eigenvalue weighted by atomic mass is 16.5. The molecule has 1 aliphatic rings. The van der Waals surface area contributed by atoms with Crippen molar-refractivity contribution < 1.29 is 14.3 Å². The number of carbonyl (C=O) groups excluding carboxylic acids is 2. The molecule has 1 saturated carbocycles. The van der Waals surface area contributed by atoms with Gasteiger partial charge in [0.05, 0.1) is 7.11 Å². The highest BCUT2D eigenvalue weighted by Crippen LogP contribution is 2.27. The summed E-state index contributed by atoms with van der Waals surface area (Å²) in [6.07, 6.45) is 3.08. The molecule has 0 saturated heterocycles. The number of nitrogens with one attached hydrogen (secondary N) is 2. The fourth-order valence-corrected chi connectivity index (χ4v) is 2.72. The Morgan fingerprint density at radius 3 is 2.64 bits per heavy atom. The summed E-state index contributed by atoms with van der Waals surface area (Å²) in [6.45, 7) is 0.392. The van der Waals surface area contributed by atoms with Gasteiger partial charge in [0.25, 0.3) is 5.91 Å². The van der Waals surface area contributed by atoms with E-state index in [1.807, 2.05) is 24.3 Å². The third-order valence-corrected chi connectivity index (χ3v) is 4.46. The lowest BCUT2D eigenvalue weighted by Gasteiger charge is -2.24. The van der Waals surface area contributed by atoms with Crippen LogP contribution in [0.3, 0.4) is 0 Å². The number of methoxy groups -OCH3 is 1. The van der Waals surface area contributed by atoms with E-state index in [1.165, 1.54) is 0 Å². The minimum Gasteiger partial charge on any atom is -0.497 e. The number of hydrogen-bond donors (Lipinski definition) is 2. The Morgan fingerprint density at radius 2 is 1.92 bits per heavy atom. The number of carbonyl (C=O) groups is 2. The zero-order chi connectivity index (χ0) is 17.6. The molecule has 1 fully saturated rings. The molecule has 2 aromatic carbocycles. The topological polar surface area (TPSA) is 67.4 Å². The first kappa shape index (κ1) is 17.0. The molecule has 3 rings (SSSR count). The second kappa shape index (κ2) is 7.83. The number of hydrogen-bond acceptors (Lipinski definition) is 3. The highest BCUT2D eigenvalue weighted by molar-refractivity contribution is 5.94. The second-order valence-corrected chi connectivity index (χ2v) is 6.23. The predicted molar refractivity (Wildman–Crippen MR) is 96.6 cm³/mol. The summed E-state index contributed by atoms with van der Waals surface area (Å²) in [4.78, 5) is 24.3. The summed E-state index contributed by atoms with van der Waals surface area (Å²) in [5.74, 6) is 0.719. The predicted octanol–water partition coefficient (Wildman–Crippen LogP) is 3.36. The highest BCUT2D eigenvalue weighted by Gasteiger charge is 2.25. The summed E-state index contributed by atoms with van der Waals surface area (Å²) < 4.78 is 5.13. The van der Waals surface area contributed by atoms with Crippen LogP contribution in [0.2, 0.25) is 0 Å². The third kappa shape index (κ3) is 4.38. The molecule has 25 heavy (non-hydrogen) atoms. The number of rotatable bonds is 6. The Balaban J connectivity index is 1.58. The van der Waals surface area contributed by atoms with Crippen LogP contribution in [0.15, 0.2) is 48.5 Å². The average Bonchev–Trinajstić information content (AvgIpc) is 2.58. The van der Waals surface area contributed by atoms with Gasteiger partial charge in [0.1, 0.15) is 5.75 Å². The lowest BCUT2D eigenvalue weighted by molar-refractivity contribution is -0.122. The molecule has 5 nitrogen and oxygen atoms in total. The molecule has 1 aliphatic carbocycles. The lowest BCUT2D eigenvalue weighted by Crippen LogP contribution is -2.28. The fraction of sp³-hybridized carbons (Fsp3) is 0.300. The minimum absolute atomic E-state index is 0.0869. The van der Waals surface area contributed by atoms with Crippen LogP contribution in [0.25, 0.3) is 0 Å². The van der Waals surface area contributed by atoms with Crippen molar-refractivity contribution in [2.24, 2.45) is 5.92 Å². The summed E-state index contributed by atoms with van der Waals surface area (Å²) in [6, 6.07) is 14.6. The zero-order valence-corrected chi connectivity index (χ0v) is 14.2. The second-order valence-electron chi connectivity index (χ2n) is 6.23. The van der Waals surface area contributed by atoms with Gasteiger partial charge >= 0.3 is 0 Å². The Morgan fingerprint density at radius 1 is 1.12 bits per heavy atom. The molecule has 0 atom stereocenters. The first-order chi connectivity index (χ1) is 12.2. The Labute approximate surface area is 147 Å². The van der Waals surface area contributed by atoms with Crippen molar-refractivity contribution >= 4 is 17.5 Å². The van der Waals surface area contributed by atoms with Gasteiger partial charge in [-0.2, -0.15) is 0 Å². The van der Waals surface area contributed by atoms with E-state index in [0.717, 1.165) is 30.5 Å². The molecule has 130 valence electrons. The minimum atomic E-state index is -0.164. The van der Waals surface area contributed by atoms with E-state index in [2.05, 4.69) is 10.6 Å². The quantitative estimate of drug-likeness (QED) is 0.849. The van der Waals surface area contributed by atoms with Gasteiger partial charge < -0.3 is 15.4 Å². The van der Waals surface area contributed by atoms with Crippen molar-refractivity contribution in [3.8, 4) is 5.75 Å². The van der Waals surface area contributed by atoms with Crippen LogP contribution in [0, 0.1) is 5.92 Å². The van der Waals surface area contributed by atoms with E-state index in [-0.39, 0.29) is 17.7 Å². The lowest BCUT2D eigenvalue weighted by atomic mass is 9.85. The molecule has 2 N–H and O–H groups in total. The SMILES string of the molecule is COc1cccc(C(=O)NCc2cccc(NC(=O)C3CCC3)c2)c1. The molecule has 0 radical (unpaired) electrons. The first-order valence-corrected chi connectivity index (χ1v) is 8.48. The van der Waals surface area contributed by atoms with Crippen molar-refractivity contribution in [2.75, 3.05) is 12.4 Å². The smallest absolute Gasteiger partial charge is 0.251 e. The maximum absolute atomic E-state index is 12.2. The van der Waals surface area contributed by atoms with Crippen molar-refractivity contribution in [3.63, 3.8) is 0 Å². The molecule has 0 aromatic heterocycles. The molecule has 0 bridgehead atoms. The molecule has 0 heterocycles. The molecule has 5 heteroatoms. The molecule has 2 aromatic rings. The molecular formula is C20H22N2O3. The molecule has 0 unspecified atom stereocenters. The Kier molecular flexibility index (Phi) is 5.33. The van der Waals surface area contributed by atoms with E-state index in [1.54, 1.807) is 31.4 Å². The number of benzene rings is 2. The van der Waals surface area contributed by atoms with Crippen LogP contribution in [0.4, 0.5) is 5.69 Å². The van der Waals surface area contributed by atoms with E-state index in [4.69, 9.17) is 4.74 Å². The normalized spacial score (nSPS) is 13.6. The van der Waals surface area contributed by atoms with Gasteiger partial charge in [0.15, 0.2) is 0 Å². The Bertz CT molecular complexity index is 769.